The Morgan fingerprint density at radius 1 is 1.15 bits per heavy atom. The number of carbonyl (C=O) groups excluding carboxylic acids is 1. The molecule has 1 saturated carbocycles. The first-order chi connectivity index (χ1) is 19.4. The van der Waals surface area contributed by atoms with E-state index in [9.17, 15) is 14.7 Å². The predicted molar refractivity (Wildman–Crippen MR) is 158 cm³/mol. The minimum atomic E-state index is -1.77. The zero-order valence-corrected chi connectivity index (χ0v) is 24.3. The Hall–Kier alpha value is -3.18. The van der Waals surface area contributed by atoms with E-state index in [1.807, 2.05) is 47.2 Å². The maximum Gasteiger partial charge on any atom is 0.419 e. The van der Waals surface area contributed by atoms with Crippen molar-refractivity contribution in [1.29, 1.82) is 0 Å². The third kappa shape index (κ3) is 5.95. The first-order valence-corrected chi connectivity index (χ1v) is 15.2. The van der Waals surface area contributed by atoms with Crippen LogP contribution in [0.5, 0.6) is 0 Å². The lowest BCUT2D eigenvalue weighted by molar-refractivity contribution is -0.169. The summed E-state index contributed by atoms with van der Waals surface area (Å²) in [6.07, 6.45) is 7.28. The SMILES string of the molecule is CO/C=C/c1ccc2c(c1)oc(=O)n2CCCN(C)[C@H]1CC[C@H](OC(=O)C(O)(c2cccs2)c2cccs2)CC1. The van der Waals surface area contributed by atoms with E-state index in [2.05, 4.69) is 11.9 Å². The number of aryl methyl sites for hydroxylation is 1. The van der Waals surface area contributed by atoms with Crippen LogP contribution in [0.4, 0.5) is 0 Å². The molecular formula is C30H34N2O6S2. The maximum atomic E-state index is 13.3. The molecule has 40 heavy (non-hydrogen) atoms. The van der Waals surface area contributed by atoms with Gasteiger partial charge in [0.15, 0.2) is 5.58 Å². The molecule has 212 valence electrons. The standard InChI is InChI=1S/C30H34N2O6S2/c1-31(15-5-16-32-24-13-8-21(14-17-36-2)20-25(24)38-29(32)34)22-9-11-23(12-10-22)37-28(33)30(35,26-6-3-18-39-26)27-7-4-19-40-27/h3-4,6-8,13-14,17-20,22-23,35H,5,9-12,15-16H2,1-2H3/b17-14+/t22-,23-. The van der Waals surface area contributed by atoms with Gasteiger partial charge in [0, 0.05) is 12.6 Å². The van der Waals surface area contributed by atoms with Crippen molar-refractivity contribution in [1.82, 2.24) is 9.47 Å². The highest BCUT2D eigenvalue weighted by Gasteiger charge is 2.45. The van der Waals surface area contributed by atoms with Crippen LogP contribution >= 0.6 is 22.7 Å². The monoisotopic (exact) mass is 582 g/mol. The van der Waals surface area contributed by atoms with Crippen LogP contribution in [0.1, 0.15) is 47.4 Å². The maximum absolute atomic E-state index is 13.3. The summed E-state index contributed by atoms with van der Waals surface area (Å²) in [7, 11) is 3.69. The fourth-order valence-electron chi connectivity index (χ4n) is 5.34. The molecule has 3 heterocycles. The number of nitrogens with zero attached hydrogens (tertiary/aromatic N) is 2. The number of oxazole rings is 1. The Labute approximate surface area is 241 Å². The average molecular weight is 583 g/mol. The van der Waals surface area contributed by atoms with Gasteiger partial charge in [-0.05, 0) is 92.4 Å². The van der Waals surface area contributed by atoms with Crippen LogP contribution in [-0.4, -0.2) is 53.4 Å². The first-order valence-electron chi connectivity index (χ1n) is 13.4. The van der Waals surface area contributed by atoms with E-state index in [1.54, 1.807) is 30.1 Å². The number of thiophene rings is 2. The topological polar surface area (TPSA) is 94.1 Å². The van der Waals surface area contributed by atoms with Gasteiger partial charge in [-0.3, -0.25) is 4.57 Å². The Kier molecular flexibility index (Phi) is 8.90. The van der Waals surface area contributed by atoms with E-state index in [0.717, 1.165) is 49.7 Å². The fraction of sp³-hybridized carbons (Fsp3) is 0.400. The number of rotatable bonds is 11. The second kappa shape index (κ2) is 12.6. The fourth-order valence-corrected chi connectivity index (χ4v) is 7.05. The molecule has 10 heteroatoms. The van der Waals surface area contributed by atoms with E-state index >= 15 is 0 Å². The largest absolute Gasteiger partial charge is 0.504 e. The molecule has 0 atom stereocenters. The number of aromatic nitrogens is 1. The Balaban J connectivity index is 1.12. The average Bonchev–Trinajstić information content (AvgIpc) is 3.74. The lowest BCUT2D eigenvalue weighted by Gasteiger charge is -2.35. The number of methoxy groups -OCH3 is 1. The summed E-state index contributed by atoms with van der Waals surface area (Å²) in [5.74, 6) is -0.952. The van der Waals surface area contributed by atoms with Crippen molar-refractivity contribution < 1.29 is 23.8 Å². The molecule has 4 aromatic rings. The van der Waals surface area contributed by atoms with Crippen molar-refractivity contribution in [2.75, 3.05) is 20.7 Å². The van der Waals surface area contributed by atoms with Gasteiger partial charge in [-0.1, -0.05) is 18.2 Å². The number of benzene rings is 1. The van der Waals surface area contributed by atoms with E-state index in [0.29, 0.717) is 27.9 Å². The molecule has 0 amide bonds. The summed E-state index contributed by atoms with van der Waals surface area (Å²) in [6, 6.07) is 13.2. The van der Waals surface area contributed by atoms with Gasteiger partial charge in [-0.25, -0.2) is 9.59 Å². The van der Waals surface area contributed by atoms with Gasteiger partial charge >= 0.3 is 11.7 Å². The van der Waals surface area contributed by atoms with Crippen molar-refractivity contribution in [2.24, 2.45) is 0 Å². The molecule has 3 aromatic heterocycles. The molecule has 5 rings (SSSR count). The smallest absolute Gasteiger partial charge is 0.419 e. The molecule has 1 fully saturated rings. The van der Waals surface area contributed by atoms with Gasteiger partial charge in [0.2, 0.25) is 5.60 Å². The van der Waals surface area contributed by atoms with Crippen molar-refractivity contribution in [3.63, 3.8) is 0 Å². The number of aliphatic hydroxyl groups is 1. The summed E-state index contributed by atoms with van der Waals surface area (Å²) in [5.41, 5.74) is 0.483. The summed E-state index contributed by atoms with van der Waals surface area (Å²) in [6.45, 7) is 1.40. The van der Waals surface area contributed by atoms with Crippen molar-refractivity contribution in [3.05, 3.63) is 85.4 Å². The summed E-state index contributed by atoms with van der Waals surface area (Å²) in [4.78, 5) is 29.2. The van der Waals surface area contributed by atoms with E-state index < -0.39 is 11.6 Å². The number of carbonyl (C=O) groups is 1. The highest BCUT2D eigenvalue weighted by molar-refractivity contribution is 7.12. The van der Waals surface area contributed by atoms with Gasteiger partial charge in [0.05, 0.1) is 28.6 Å². The quantitative estimate of drug-likeness (QED) is 0.186. The molecule has 8 nitrogen and oxygen atoms in total. The molecule has 1 aromatic carbocycles. The third-order valence-corrected chi connectivity index (χ3v) is 9.53. The van der Waals surface area contributed by atoms with Crippen LogP contribution in [0.15, 0.2) is 68.7 Å². The number of fused-ring (bicyclic) bond motifs is 1. The van der Waals surface area contributed by atoms with E-state index in [4.69, 9.17) is 13.9 Å². The number of esters is 1. The van der Waals surface area contributed by atoms with Crippen LogP contribution < -0.4 is 5.76 Å². The lowest BCUT2D eigenvalue weighted by atomic mass is 9.91. The first kappa shape index (κ1) is 28.4. The summed E-state index contributed by atoms with van der Waals surface area (Å²) < 4.78 is 18.0. The zero-order valence-electron chi connectivity index (χ0n) is 22.7. The van der Waals surface area contributed by atoms with Gasteiger partial charge in [0.1, 0.15) is 6.10 Å². The van der Waals surface area contributed by atoms with Gasteiger partial charge in [0.25, 0.3) is 0 Å². The lowest BCUT2D eigenvalue weighted by Crippen LogP contribution is -2.42. The second-order valence-corrected chi connectivity index (χ2v) is 12.0. The Morgan fingerprint density at radius 3 is 2.48 bits per heavy atom. The molecule has 0 saturated heterocycles. The molecule has 0 unspecified atom stereocenters. The van der Waals surface area contributed by atoms with Crippen LogP contribution in [-0.2, 0) is 26.4 Å². The highest BCUT2D eigenvalue weighted by atomic mass is 32.1. The van der Waals surface area contributed by atoms with Crippen molar-refractivity contribution >= 4 is 45.8 Å². The molecule has 1 N–H and O–H groups in total. The third-order valence-electron chi connectivity index (χ3n) is 7.57. The minimum Gasteiger partial charge on any atom is -0.504 e. The van der Waals surface area contributed by atoms with Crippen molar-refractivity contribution in [3.8, 4) is 0 Å². The van der Waals surface area contributed by atoms with Crippen molar-refractivity contribution in [2.45, 2.75) is 56.4 Å². The van der Waals surface area contributed by atoms with E-state index in [1.165, 1.54) is 22.7 Å². The van der Waals surface area contributed by atoms with Gasteiger partial charge < -0.3 is 23.9 Å². The molecule has 1 aliphatic rings. The predicted octanol–water partition coefficient (Wildman–Crippen LogP) is 5.45. The number of ether oxygens (including phenoxy) is 2. The van der Waals surface area contributed by atoms with Crippen LogP contribution in [0.2, 0.25) is 0 Å². The Bertz CT molecular complexity index is 1450. The molecule has 0 spiro atoms. The van der Waals surface area contributed by atoms with Crippen LogP contribution in [0.25, 0.3) is 17.2 Å². The molecule has 0 aliphatic heterocycles. The van der Waals surface area contributed by atoms with E-state index in [-0.39, 0.29) is 11.9 Å². The number of hydrogen-bond donors (Lipinski definition) is 1. The van der Waals surface area contributed by atoms with Crippen LogP contribution in [0, 0.1) is 0 Å². The number of hydrogen-bond acceptors (Lipinski definition) is 9. The molecule has 0 bridgehead atoms. The molecular weight excluding hydrogens is 548 g/mol. The molecule has 1 aliphatic carbocycles. The van der Waals surface area contributed by atoms with Gasteiger partial charge in [-0.2, -0.15) is 0 Å². The minimum absolute atomic E-state index is 0.219. The summed E-state index contributed by atoms with van der Waals surface area (Å²) >= 11 is 2.70. The Morgan fingerprint density at radius 2 is 1.85 bits per heavy atom. The second-order valence-electron chi connectivity index (χ2n) is 10.1. The summed E-state index contributed by atoms with van der Waals surface area (Å²) in [5, 5.41) is 15.2. The normalized spacial score (nSPS) is 18.1. The highest BCUT2D eigenvalue weighted by Crippen LogP contribution is 2.38. The van der Waals surface area contributed by atoms with Gasteiger partial charge in [-0.15, -0.1) is 22.7 Å². The zero-order chi connectivity index (χ0) is 28.1. The van der Waals surface area contributed by atoms with Crippen LogP contribution in [0.3, 0.4) is 0 Å². The molecule has 0 radical (unpaired) electrons.